The standard InChI is InChI=1S/C44H66N4O12S/c1-25-20-31(18-19-45-23-29-14-16-30(17-15-29)34-24-46-47-61-34)40(41(55-8)33(50)21-35(51)56-26(2)12-10-9-11-13-32(25)49)60-43-38(52)37(48(6)7)39(27(3)58-43)59-36-22-44(5,54)42(53)28(4)57-36/h9-11,13-17,24-28,31,33,36-43,45,50,52-54H,12,18-23H2,1-8H3/b10-9-,13-11-/t25-,26-,27-,28+,31+,33+,36+,37-,38-,39-,40+,41+,42+,43+,44-/m1/s1. The highest BCUT2D eigenvalue weighted by molar-refractivity contribution is 7.09. The summed E-state index contributed by atoms with van der Waals surface area (Å²) in [6.07, 6.45) is -1.50. The minimum Gasteiger partial charge on any atom is -0.462 e. The van der Waals surface area contributed by atoms with Crippen molar-refractivity contribution in [2.45, 2.75) is 152 Å². The maximum absolute atomic E-state index is 13.5. The molecule has 0 unspecified atom stereocenters. The quantitative estimate of drug-likeness (QED) is 0.153. The van der Waals surface area contributed by atoms with Crippen LogP contribution < -0.4 is 5.32 Å². The van der Waals surface area contributed by atoms with Crippen LogP contribution in [0.2, 0.25) is 0 Å². The van der Waals surface area contributed by atoms with Gasteiger partial charge in [-0.3, -0.25) is 9.59 Å². The van der Waals surface area contributed by atoms with Crippen molar-refractivity contribution in [1.29, 1.82) is 0 Å². The van der Waals surface area contributed by atoms with Crippen LogP contribution in [0.1, 0.15) is 72.3 Å². The minimum atomic E-state index is -1.47. The number of ketones is 1. The number of aliphatic hydroxyl groups is 4. The molecule has 16 nitrogen and oxygen atoms in total. The molecule has 0 amide bonds. The molecule has 2 fully saturated rings. The number of aromatic nitrogens is 2. The number of nitrogens with one attached hydrogen (secondary N) is 1. The zero-order valence-corrected chi connectivity index (χ0v) is 37.4. The Kier molecular flexibility index (Phi) is 18.1. The first-order valence-corrected chi connectivity index (χ1v) is 22.0. The maximum atomic E-state index is 13.5. The van der Waals surface area contributed by atoms with Gasteiger partial charge in [0.25, 0.3) is 0 Å². The number of hydrogen-bond donors (Lipinski definition) is 5. The van der Waals surface area contributed by atoms with Crippen molar-refractivity contribution in [2.24, 2.45) is 11.8 Å². The van der Waals surface area contributed by atoms with E-state index in [2.05, 4.69) is 14.9 Å². The SMILES string of the molecule is CO[C@@H]1[C@@H](O[C@@H]2O[C@H](C)[C@@H](O[C@H]3C[C@@](C)(O)[C@@H](O)[C@H](C)O3)[C@H](N(C)C)[C@H]2O)[C@@H](CCNCc2ccc(-c3cnns3)cc2)C[C@@H](C)C(=O)/C=C\C=C/C[C@@H](C)OC(=O)C[C@@H]1O. The summed E-state index contributed by atoms with van der Waals surface area (Å²) in [5.41, 5.74) is 0.610. The van der Waals surface area contributed by atoms with Crippen molar-refractivity contribution in [2.75, 3.05) is 27.7 Å². The normalized spacial score (nSPS) is 38.2. The van der Waals surface area contributed by atoms with Crippen molar-refractivity contribution in [3.63, 3.8) is 0 Å². The average Bonchev–Trinajstić information content (AvgIpc) is 3.74. The molecule has 340 valence electrons. The van der Waals surface area contributed by atoms with Gasteiger partial charge in [0.15, 0.2) is 18.4 Å². The van der Waals surface area contributed by atoms with E-state index in [-0.39, 0.29) is 12.2 Å². The van der Waals surface area contributed by atoms with Gasteiger partial charge in [-0.05, 0) is 95.8 Å². The molecule has 3 aliphatic heterocycles. The van der Waals surface area contributed by atoms with E-state index >= 15 is 0 Å². The van der Waals surface area contributed by atoms with Crippen LogP contribution in [0.25, 0.3) is 10.4 Å². The lowest BCUT2D eigenvalue weighted by atomic mass is 9.82. The van der Waals surface area contributed by atoms with Gasteiger partial charge in [-0.15, -0.1) is 5.10 Å². The zero-order valence-electron chi connectivity index (χ0n) is 36.5. The number of ether oxygens (including phenoxy) is 6. The van der Waals surface area contributed by atoms with E-state index in [1.165, 1.54) is 31.6 Å². The zero-order chi connectivity index (χ0) is 44.4. The Labute approximate surface area is 363 Å². The van der Waals surface area contributed by atoms with Gasteiger partial charge in [-0.1, -0.05) is 53.9 Å². The number of esters is 1. The summed E-state index contributed by atoms with van der Waals surface area (Å²) in [6, 6.07) is 7.40. The van der Waals surface area contributed by atoms with E-state index in [0.717, 1.165) is 16.0 Å². The molecule has 0 saturated carbocycles. The lowest BCUT2D eigenvalue weighted by Gasteiger charge is -2.50. The van der Waals surface area contributed by atoms with E-state index < -0.39 is 103 Å². The molecule has 4 heterocycles. The van der Waals surface area contributed by atoms with Crippen molar-refractivity contribution < 1.29 is 58.4 Å². The molecule has 5 N–H and O–H groups in total. The first-order valence-electron chi connectivity index (χ1n) is 21.2. The molecule has 1 aromatic carbocycles. The molecule has 61 heavy (non-hydrogen) atoms. The van der Waals surface area contributed by atoms with Gasteiger partial charge in [0.1, 0.15) is 30.5 Å². The Balaban J connectivity index is 1.42. The lowest BCUT2D eigenvalue weighted by Crippen LogP contribution is -2.65. The van der Waals surface area contributed by atoms with E-state index in [9.17, 15) is 30.0 Å². The number of nitrogens with zero attached hydrogens (tertiary/aromatic N) is 3. The Bertz CT molecular complexity index is 1730. The molecule has 0 aliphatic carbocycles. The number of hydrogen-bond acceptors (Lipinski definition) is 17. The van der Waals surface area contributed by atoms with Gasteiger partial charge >= 0.3 is 5.97 Å². The van der Waals surface area contributed by atoms with Crippen molar-refractivity contribution in [3.05, 3.63) is 60.3 Å². The fourth-order valence-electron chi connectivity index (χ4n) is 8.47. The van der Waals surface area contributed by atoms with Gasteiger partial charge in [-0.2, -0.15) is 0 Å². The summed E-state index contributed by atoms with van der Waals surface area (Å²) < 4.78 is 41.1. The number of allylic oxidation sites excluding steroid dienone is 3. The van der Waals surface area contributed by atoms with Gasteiger partial charge < -0.3 is 59.1 Å². The third-order valence-corrected chi connectivity index (χ3v) is 12.6. The number of carbonyl (C=O) groups excluding carboxylic acids is 2. The fraction of sp³-hybridized carbons (Fsp3) is 0.682. The fourth-order valence-corrected chi connectivity index (χ4v) is 8.99. The smallest absolute Gasteiger partial charge is 0.308 e. The molecular formula is C44H66N4O12S. The van der Waals surface area contributed by atoms with Gasteiger partial charge in [0.2, 0.25) is 0 Å². The predicted molar refractivity (Wildman–Crippen MR) is 227 cm³/mol. The number of benzene rings is 1. The van der Waals surface area contributed by atoms with E-state index in [1.54, 1.807) is 58.1 Å². The van der Waals surface area contributed by atoms with Crippen molar-refractivity contribution in [3.8, 4) is 10.4 Å². The number of rotatable bonds is 12. The second kappa shape index (κ2) is 22.5. The molecule has 0 bridgehead atoms. The van der Waals surface area contributed by atoms with Crippen LogP contribution in [-0.4, -0.2) is 154 Å². The third-order valence-electron chi connectivity index (χ3n) is 11.9. The molecule has 0 spiro atoms. The molecule has 3 aliphatic rings. The van der Waals surface area contributed by atoms with E-state index in [4.69, 9.17) is 28.4 Å². The van der Waals surface area contributed by atoms with Crippen LogP contribution in [0.5, 0.6) is 0 Å². The van der Waals surface area contributed by atoms with Crippen LogP contribution in [0, 0.1) is 11.8 Å². The third kappa shape index (κ3) is 13.2. The van der Waals surface area contributed by atoms with Crippen LogP contribution in [0.4, 0.5) is 0 Å². The second-order valence-corrected chi connectivity index (χ2v) is 18.0. The highest BCUT2D eigenvalue weighted by atomic mass is 32.1. The average molecular weight is 875 g/mol. The van der Waals surface area contributed by atoms with E-state index in [1.807, 2.05) is 37.3 Å². The monoisotopic (exact) mass is 874 g/mol. The summed E-state index contributed by atoms with van der Waals surface area (Å²) >= 11 is 1.33. The lowest BCUT2D eigenvalue weighted by molar-refractivity contribution is -0.344. The number of carbonyl (C=O) groups is 2. The minimum absolute atomic E-state index is 0.0113. The highest BCUT2D eigenvalue weighted by Crippen LogP contribution is 2.36. The Morgan fingerprint density at radius 3 is 2.38 bits per heavy atom. The van der Waals surface area contributed by atoms with Crippen molar-refractivity contribution in [1.82, 2.24) is 19.8 Å². The van der Waals surface area contributed by atoms with Crippen molar-refractivity contribution >= 4 is 23.3 Å². The summed E-state index contributed by atoms with van der Waals surface area (Å²) in [4.78, 5) is 29.5. The highest BCUT2D eigenvalue weighted by Gasteiger charge is 2.51. The molecule has 2 aromatic rings. The summed E-state index contributed by atoms with van der Waals surface area (Å²) in [7, 11) is 5.00. The first-order chi connectivity index (χ1) is 29.0. The molecule has 0 radical (unpaired) electrons. The Hall–Kier alpha value is -3.04. The van der Waals surface area contributed by atoms with Gasteiger partial charge in [0.05, 0.1) is 53.6 Å². The summed E-state index contributed by atoms with van der Waals surface area (Å²) in [5.74, 6) is -1.66. The Morgan fingerprint density at radius 2 is 1.72 bits per heavy atom. The largest absolute Gasteiger partial charge is 0.462 e. The maximum Gasteiger partial charge on any atom is 0.308 e. The van der Waals surface area contributed by atoms with Gasteiger partial charge in [0, 0.05) is 32.4 Å². The molecular weight excluding hydrogens is 809 g/mol. The summed E-state index contributed by atoms with van der Waals surface area (Å²) in [5, 5.41) is 52.7. The van der Waals surface area contributed by atoms with Gasteiger partial charge in [-0.25, -0.2) is 0 Å². The molecule has 5 rings (SSSR count). The van der Waals surface area contributed by atoms with E-state index in [0.29, 0.717) is 32.4 Å². The second-order valence-electron chi connectivity index (χ2n) is 17.2. The number of aliphatic hydroxyl groups excluding tert-OH is 3. The Morgan fingerprint density at radius 1 is 0.984 bits per heavy atom. The van der Waals surface area contributed by atoms with Crippen LogP contribution in [-0.2, 0) is 44.6 Å². The predicted octanol–water partition coefficient (Wildman–Crippen LogP) is 3.16. The van der Waals surface area contributed by atoms with Crippen LogP contribution in [0.15, 0.2) is 54.8 Å². The number of methoxy groups -OCH3 is 1. The van der Waals surface area contributed by atoms with Crippen LogP contribution >= 0.6 is 11.5 Å². The molecule has 17 heteroatoms. The first kappa shape index (κ1) is 49.0. The molecule has 1 aromatic heterocycles. The topological polar surface area (TPSA) is 211 Å². The molecule has 15 atom stereocenters. The number of cyclic esters (lactones) is 1. The molecule has 2 saturated heterocycles. The number of likely N-dealkylation sites (N-methyl/N-ethyl adjacent to an activating group) is 1. The van der Waals surface area contributed by atoms with Crippen LogP contribution in [0.3, 0.4) is 0 Å². The summed E-state index contributed by atoms with van der Waals surface area (Å²) in [6.45, 7) is 9.59.